The first-order valence-corrected chi connectivity index (χ1v) is 4.49. The highest BCUT2D eigenvalue weighted by atomic mass is 16.4. The predicted octanol–water partition coefficient (Wildman–Crippen LogP) is -0.971. The molecular weight excluding hydrogens is 172 g/mol. The van der Waals surface area contributed by atoms with Crippen molar-refractivity contribution in [1.82, 2.24) is 9.80 Å². The van der Waals surface area contributed by atoms with Gasteiger partial charge in [-0.1, -0.05) is 0 Å². The van der Waals surface area contributed by atoms with Gasteiger partial charge in [-0.05, 0) is 0 Å². The molecule has 0 amide bonds. The molecule has 1 aliphatic heterocycles. The average Bonchev–Trinajstić information content (AvgIpc) is 2.15. The number of carboxylic acids is 1. The Morgan fingerprint density at radius 1 is 1.15 bits per heavy atom. The highest BCUT2D eigenvalue weighted by molar-refractivity contribution is 5.66. The van der Waals surface area contributed by atoms with Crippen LogP contribution < -0.4 is 0 Å². The Balaban J connectivity index is 2.14. The summed E-state index contributed by atoms with van der Waals surface area (Å²) < 4.78 is 0. The van der Waals surface area contributed by atoms with Gasteiger partial charge in [0.25, 0.3) is 0 Å². The van der Waals surface area contributed by atoms with Crippen molar-refractivity contribution in [2.75, 3.05) is 39.5 Å². The molecule has 0 atom stereocenters. The van der Waals surface area contributed by atoms with E-state index in [4.69, 9.17) is 10.2 Å². The van der Waals surface area contributed by atoms with Crippen LogP contribution in [0.15, 0.2) is 0 Å². The van der Waals surface area contributed by atoms with Crippen molar-refractivity contribution in [2.24, 2.45) is 0 Å². The van der Waals surface area contributed by atoms with E-state index in [0.717, 1.165) is 26.2 Å². The van der Waals surface area contributed by atoms with Gasteiger partial charge in [0, 0.05) is 32.7 Å². The van der Waals surface area contributed by atoms with Crippen LogP contribution in [0, 0.1) is 0 Å². The number of hydrogen-bond donors (Lipinski definition) is 2. The summed E-state index contributed by atoms with van der Waals surface area (Å²) in [6.07, 6.45) is 0.207. The topological polar surface area (TPSA) is 64.0 Å². The summed E-state index contributed by atoms with van der Waals surface area (Å²) in [5, 5.41) is 17.3. The number of piperazine rings is 1. The summed E-state index contributed by atoms with van der Waals surface area (Å²) in [5.74, 6) is -0.746. The Morgan fingerprint density at radius 3 is 2.15 bits per heavy atom. The van der Waals surface area contributed by atoms with E-state index in [0.29, 0.717) is 6.54 Å². The van der Waals surface area contributed by atoms with Gasteiger partial charge in [0.15, 0.2) is 0 Å². The molecular formula is C8H16N2O3. The second kappa shape index (κ2) is 5.16. The fourth-order valence-electron chi connectivity index (χ4n) is 1.41. The molecule has 0 spiro atoms. The molecule has 1 fully saturated rings. The van der Waals surface area contributed by atoms with Crippen molar-refractivity contribution in [3.63, 3.8) is 0 Å². The van der Waals surface area contributed by atoms with Gasteiger partial charge in [-0.15, -0.1) is 0 Å². The fraction of sp³-hybridized carbons (Fsp3) is 0.875. The molecule has 1 rings (SSSR count). The molecule has 0 aromatic carbocycles. The van der Waals surface area contributed by atoms with Crippen molar-refractivity contribution < 1.29 is 15.0 Å². The minimum absolute atomic E-state index is 0.104. The number of aliphatic carboxylic acids is 1. The van der Waals surface area contributed by atoms with Crippen LogP contribution in [-0.4, -0.2) is 65.4 Å². The predicted molar refractivity (Wildman–Crippen MR) is 47.4 cm³/mol. The smallest absolute Gasteiger partial charge is 0.304 e. The van der Waals surface area contributed by atoms with Crippen LogP contribution in [0.1, 0.15) is 6.42 Å². The third kappa shape index (κ3) is 3.71. The number of hydrogen-bond acceptors (Lipinski definition) is 4. The molecule has 0 unspecified atom stereocenters. The van der Waals surface area contributed by atoms with Crippen molar-refractivity contribution in [2.45, 2.75) is 6.42 Å². The zero-order valence-electron chi connectivity index (χ0n) is 7.65. The SMILES string of the molecule is O=C(O)CCN1CCN(CO)CC1. The van der Waals surface area contributed by atoms with E-state index in [1.165, 1.54) is 0 Å². The minimum atomic E-state index is -0.746. The summed E-state index contributed by atoms with van der Waals surface area (Å²) in [6.45, 7) is 4.09. The van der Waals surface area contributed by atoms with Crippen LogP contribution >= 0.6 is 0 Å². The normalized spacial score (nSPS) is 20.4. The van der Waals surface area contributed by atoms with Gasteiger partial charge >= 0.3 is 5.97 Å². The van der Waals surface area contributed by atoms with Crippen LogP contribution in [0.25, 0.3) is 0 Å². The van der Waals surface area contributed by atoms with Gasteiger partial charge < -0.3 is 15.1 Å². The molecule has 0 radical (unpaired) electrons. The van der Waals surface area contributed by atoms with E-state index in [2.05, 4.69) is 4.90 Å². The number of carbonyl (C=O) groups is 1. The largest absolute Gasteiger partial charge is 0.481 e. The first-order chi connectivity index (χ1) is 6.22. The van der Waals surface area contributed by atoms with E-state index in [9.17, 15) is 4.79 Å². The van der Waals surface area contributed by atoms with E-state index in [-0.39, 0.29) is 13.2 Å². The van der Waals surface area contributed by atoms with E-state index in [1.54, 1.807) is 0 Å². The first-order valence-electron chi connectivity index (χ1n) is 4.49. The van der Waals surface area contributed by atoms with Gasteiger partial charge in [0.1, 0.15) is 0 Å². The highest BCUT2D eigenvalue weighted by Crippen LogP contribution is 2.00. The maximum Gasteiger partial charge on any atom is 0.304 e. The Hall–Kier alpha value is -0.650. The molecule has 1 heterocycles. The van der Waals surface area contributed by atoms with Gasteiger partial charge in [-0.25, -0.2) is 0 Å². The monoisotopic (exact) mass is 188 g/mol. The lowest BCUT2D eigenvalue weighted by Crippen LogP contribution is -2.46. The molecule has 0 bridgehead atoms. The van der Waals surface area contributed by atoms with Gasteiger partial charge in [-0.2, -0.15) is 0 Å². The highest BCUT2D eigenvalue weighted by Gasteiger charge is 2.15. The van der Waals surface area contributed by atoms with E-state index in [1.807, 2.05) is 4.90 Å². The molecule has 1 aliphatic rings. The number of rotatable bonds is 4. The number of carboxylic acid groups (broad SMARTS) is 1. The van der Waals surface area contributed by atoms with Crippen molar-refractivity contribution in [3.8, 4) is 0 Å². The van der Waals surface area contributed by atoms with Gasteiger partial charge in [0.2, 0.25) is 0 Å². The molecule has 0 aromatic heterocycles. The zero-order chi connectivity index (χ0) is 9.68. The lowest BCUT2D eigenvalue weighted by Gasteiger charge is -2.32. The van der Waals surface area contributed by atoms with Crippen LogP contribution in [0.3, 0.4) is 0 Å². The molecule has 2 N–H and O–H groups in total. The molecule has 1 saturated heterocycles. The Labute approximate surface area is 77.6 Å². The Kier molecular flexibility index (Phi) is 4.14. The standard InChI is InChI=1S/C8H16N2O3/c11-7-10-5-3-9(4-6-10)2-1-8(12)13/h11H,1-7H2,(H,12,13). The molecule has 0 aliphatic carbocycles. The first kappa shape index (κ1) is 10.4. The van der Waals surface area contributed by atoms with Crippen LogP contribution in [0.4, 0.5) is 0 Å². The average molecular weight is 188 g/mol. The molecule has 0 aromatic rings. The summed E-state index contributed by atoms with van der Waals surface area (Å²) in [5.41, 5.74) is 0. The summed E-state index contributed by atoms with van der Waals surface area (Å²) in [6, 6.07) is 0. The number of nitrogens with zero attached hydrogens (tertiary/aromatic N) is 2. The maximum atomic E-state index is 10.3. The van der Waals surface area contributed by atoms with Crippen molar-refractivity contribution >= 4 is 5.97 Å². The second-order valence-electron chi connectivity index (χ2n) is 3.24. The second-order valence-corrected chi connectivity index (χ2v) is 3.24. The summed E-state index contributed by atoms with van der Waals surface area (Å²) >= 11 is 0. The quantitative estimate of drug-likeness (QED) is 0.594. The number of aliphatic hydroxyl groups excluding tert-OH is 1. The lowest BCUT2D eigenvalue weighted by molar-refractivity contribution is -0.137. The van der Waals surface area contributed by atoms with Gasteiger partial charge in [0.05, 0.1) is 13.2 Å². The molecule has 0 saturated carbocycles. The summed E-state index contributed by atoms with van der Waals surface area (Å²) in [4.78, 5) is 14.3. The molecule has 5 nitrogen and oxygen atoms in total. The van der Waals surface area contributed by atoms with Crippen molar-refractivity contribution in [1.29, 1.82) is 0 Å². The molecule has 76 valence electrons. The van der Waals surface area contributed by atoms with Gasteiger partial charge in [-0.3, -0.25) is 9.69 Å². The van der Waals surface area contributed by atoms with Crippen LogP contribution in [0.5, 0.6) is 0 Å². The van der Waals surface area contributed by atoms with Crippen LogP contribution in [-0.2, 0) is 4.79 Å². The van der Waals surface area contributed by atoms with E-state index >= 15 is 0 Å². The summed E-state index contributed by atoms with van der Waals surface area (Å²) in [7, 11) is 0. The third-order valence-corrected chi connectivity index (χ3v) is 2.31. The van der Waals surface area contributed by atoms with Crippen LogP contribution in [0.2, 0.25) is 0 Å². The molecule has 13 heavy (non-hydrogen) atoms. The third-order valence-electron chi connectivity index (χ3n) is 2.31. The fourth-order valence-corrected chi connectivity index (χ4v) is 1.41. The lowest BCUT2D eigenvalue weighted by atomic mass is 10.3. The van der Waals surface area contributed by atoms with Crippen molar-refractivity contribution in [3.05, 3.63) is 0 Å². The Bertz CT molecular complexity index is 167. The maximum absolute atomic E-state index is 10.3. The molecule has 5 heteroatoms. The zero-order valence-corrected chi connectivity index (χ0v) is 7.65. The Morgan fingerprint density at radius 2 is 1.69 bits per heavy atom. The van der Waals surface area contributed by atoms with E-state index < -0.39 is 5.97 Å². The number of aliphatic hydroxyl groups is 1. The minimum Gasteiger partial charge on any atom is -0.481 e.